The molecule has 11 aromatic rings. The highest BCUT2D eigenvalue weighted by molar-refractivity contribution is 6.10. The van der Waals surface area contributed by atoms with Crippen molar-refractivity contribution in [3.05, 3.63) is 271 Å². The van der Waals surface area contributed by atoms with Gasteiger partial charge in [-0.1, -0.05) is 158 Å². The van der Waals surface area contributed by atoms with E-state index in [4.69, 9.17) is 0 Å². The Labute approximate surface area is 380 Å². The monoisotopic (exact) mass is 831 g/mol. The summed E-state index contributed by atoms with van der Waals surface area (Å²) in [5.41, 5.74) is 19.1. The third kappa shape index (κ3) is 6.95. The minimum absolute atomic E-state index is 0.267. The van der Waals surface area contributed by atoms with Gasteiger partial charge in [-0.3, -0.25) is 0 Å². The summed E-state index contributed by atoms with van der Waals surface area (Å²) in [7, 11) is 0. The predicted octanol–water partition coefficient (Wildman–Crippen LogP) is 16.7. The molecule has 1 heterocycles. The molecule has 0 saturated heterocycles. The van der Waals surface area contributed by atoms with Gasteiger partial charge in [0.1, 0.15) is 0 Å². The summed E-state index contributed by atoms with van der Waals surface area (Å²) in [5, 5.41) is 2.45. The highest BCUT2D eigenvalue weighted by Gasteiger charge is 2.27. The maximum absolute atomic E-state index is 2.44. The number of hydrogen-bond donors (Lipinski definition) is 0. The van der Waals surface area contributed by atoms with Crippen LogP contribution in [0.25, 0.3) is 49.7 Å². The van der Waals surface area contributed by atoms with E-state index >= 15 is 0 Å². The van der Waals surface area contributed by atoms with Gasteiger partial charge < -0.3 is 14.4 Å². The summed E-state index contributed by atoms with van der Waals surface area (Å²) in [4.78, 5) is 4.82. The minimum Gasteiger partial charge on any atom is -0.310 e. The summed E-state index contributed by atoms with van der Waals surface area (Å²) in [6.45, 7) is 0. The Morgan fingerprint density at radius 2 is 0.877 bits per heavy atom. The van der Waals surface area contributed by atoms with Crippen LogP contribution in [0.1, 0.15) is 22.6 Å². The molecule has 3 nitrogen and oxygen atoms in total. The Morgan fingerprint density at radius 1 is 0.338 bits per heavy atom. The van der Waals surface area contributed by atoms with Crippen LogP contribution in [0.5, 0.6) is 0 Å². The lowest BCUT2D eigenvalue weighted by Crippen LogP contribution is -2.16. The van der Waals surface area contributed by atoms with Gasteiger partial charge in [0.25, 0.3) is 0 Å². The van der Waals surface area contributed by atoms with Gasteiger partial charge in [-0.2, -0.15) is 0 Å². The third-order valence-corrected chi connectivity index (χ3v) is 13.1. The van der Waals surface area contributed by atoms with E-state index in [1.165, 1.54) is 49.6 Å². The summed E-state index contributed by atoms with van der Waals surface area (Å²) < 4.78 is 2.39. The van der Waals surface area contributed by atoms with E-state index in [9.17, 15) is 0 Å². The number of hydrogen-bond acceptors (Lipinski definition) is 2. The molecule has 308 valence electrons. The molecular formula is C62H45N3. The van der Waals surface area contributed by atoms with Gasteiger partial charge in [0.15, 0.2) is 0 Å². The first-order valence-corrected chi connectivity index (χ1v) is 22.5. The molecule has 0 bridgehead atoms. The quantitative estimate of drug-likeness (QED) is 0.144. The summed E-state index contributed by atoms with van der Waals surface area (Å²) in [5.74, 6) is 0.267. The number of para-hydroxylation sites is 5. The molecule has 0 N–H and O–H groups in total. The number of benzene rings is 10. The van der Waals surface area contributed by atoms with Crippen molar-refractivity contribution in [2.75, 3.05) is 9.80 Å². The van der Waals surface area contributed by atoms with Crippen molar-refractivity contribution >= 4 is 55.9 Å². The molecule has 0 spiro atoms. The highest BCUT2D eigenvalue weighted by atomic mass is 15.2. The van der Waals surface area contributed by atoms with Gasteiger partial charge >= 0.3 is 0 Å². The van der Waals surface area contributed by atoms with Gasteiger partial charge in [0, 0.05) is 56.5 Å². The van der Waals surface area contributed by atoms with Crippen molar-refractivity contribution in [2.45, 2.75) is 12.3 Å². The maximum atomic E-state index is 2.44. The summed E-state index contributed by atoms with van der Waals surface area (Å²) >= 11 is 0. The van der Waals surface area contributed by atoms with E-state index in [1.54, 1.807) is 0 Å². The zero-order valence-electron chi connectivity index (χ0n) is 35.9. The molecule has 0 radical (unpaired) electrons. The van der Waals surface area contributed by atoms with Gasteiger partial charge in [0.2, 0.25) is 0 Å². The highest BCUT2D eigenvalue weighted by Crippen LogP contribution is 2.48. The Hall–Kier alpha value is -8.40. The van der Waals surface area contributed by atoms with Crippen molar-refractivity contribution in [1.29, 1.82) is 0 Å². The number of nitrogens with zero attached hydrogens (tertiary/aromatic N) is 3. The second kappa shape index (κ2) is 16.4. The average Bonchev–Trinajstić information content (AvgIpc) is 3.71. The largest absolute Gasteiger partial charge is 0.310 e. The van der Waals surface area contributed by atoms with Crippen LogP contribution < -0.4 is 9.80 Å². The number of fused-ring (bicyclic) bond motifs is 6. The Bertz CT molecular complexity index is 3410. The van der Waals surface area contributed by atoms with Crippen LogP contribution >= 0.6 is 0 Å². The molecule has 1 atom stereocenters. The molecule has 3 heteroatoms. The lowest BCUT2D eigenvalue weighted by atomic mass is 9.75. The second-order valence-corrected chi connectivity index (χ2v) is 16.9. The van der Waals surface area contributed by atoms with Gasteiger partial charge in [-0.25, -0.2) is 0 Å². The standard InChI is InChI=1S/C62H45N3/c1-6-20-44(21-7-1)59-42-47-40-52(35-36-55(47)56-30-16-17-31-57(56)59)64(50-26-12-4-13-27-50)54-39-46(38-53(43-54)63(48-22-8-2-9-23-48)49-24-10-3-11-25-49)45-34-37-62-60(41-45)58-32-18-19-33-61(58)65(62)51-28-14-5-15-29-51/h1-41,43,59H,42H2. The number of aromatic nitrogens is 1. The fourth-order valence-corrected chi connectivity index (χ4v) is 10.2. The average molecular weight is 832 g/mol. The number of anilines is 6. The Kier molecular flexibility index (Phi) is 9.65. The normalized spacial score (nSPS) is 13.0. The van der Waals surface area contributed by atoms with Crippen LogP contribution in [0.4, 0.5) is 34.1 Å². The fourth-order valence-electron chi connectivity index (χ4n) is 10.2. The molecule has 1 unspecified atom stereocenters. The molecule has 10 aromatic carbocycles. The molecular weight excluding hydrogens is 787 g/mol. The van der Waals surface area contributed by atoms with Crippen LogP contribution in [0.3, 0.4) is 0 Å². The van der Waals surface area contributed by atoms with Crippen molar-refractivity contribution < 1.29 is 0 Å². The van der Waals surface area contributed by atoms with Crippen LogP contribution in [0.2, 0.25) is 0 Å². The van der Waals surface area contributed by atoms with Crippen molar-refractivity contribution in [1.82, 2.24) is 4.57 Å². The SMILES string of the molecule is c1ccc(C2Cc3cc(N(c4ccccc4)c4cc(-c5ccc6c(c5)c5ccccc5n6-c5ccccc5)cc(N(c5ccccc5)c5ccccc5)c4)ccc3-c3ccccc32)cc1. The van der Waals surface area contributed by atoms with E-state index < -0.39 is 0 Å². The van der Waals surface area contributed by atoms with E-state index in [-0.39, 0.29) is 5.92 Å². The lowest BCUT2D eigenvalue weighted by Gasteiger charge is -2.32. The van der Waals surface area contributed by atoms with E-state index in [1.807, 2.05) is 0 Å². The molecule has 0 aliphatic heterocycles. The van der Waals surface area contributed by atoms with Gasteiger partial charge in [-0.05, 0) is 142 Å². The van der Waals surface area contributed by atoms with Crippen molar-refractivity contribution in [3.8, 4) is 27.9 Å². The smallest absolute Gasteiger partial charge is 0.0541 e. The number of rotatable bonds is 9. The maximum Gasteiger partial charge on any atom is 0.0541 e. The topological polar surface area (TPSA) is 11.4 Å². The fraction of sp³-hybridized carbons (Fsp3) is 0.0323. The summed E-state index contributed by atoms with van der Waals surface area (Å²) in [6, 6.07) is 92.9. The first-order valence-electron chi connectivity index (χ1n) is 22.5. The van der Waals surface area contributed by atoms with Crippen LogP contribution in [-0.4, -0.2) is 4.57 Å². The minimum atomic E-state index is 0.267. The zero-order chi connectivity index (χ0) is 43.1. The first-order chi connectivity index (χ1) is 32.2. The summed E-state index contributed by atoms with van der Waals surface area (Å²) in [6.07, 6.45) is 0.921. The van der Waals surface area contributed by atoms with Crippen molar-refractivity contribution in [2.24, 2.45) is 0 Å². The van der Waals surface area contributed by atoms with Crippen molar-refractivity contribution in [3.63, 3.8) is 0 Å². The molecule has 0 amide bonds. The zero-order valence-corrected chi connectivity index (χ0v) is 35.9. The first kappa shape index (κ1) is 38.3. The van der Waals surface area contributed by atoms with E-state index in [2.05, 4.69) is 269 Å². The van der Waals surface area contributed by atoms with Gasteiger partial charge in [-0.15, -0.1) is 0 Å². The van der Waals surface area contributed by atoms with E-state index in [0.717, 1.165) is 57.4 Å². The lowest BCUT2D eigenvalue weighted by molar-refractivity contribution is 0.794. The Balaban J connectivity index is 1.08. The van der Waals surface area contributed by atoms with Crippen LogP contribution in [0.15, 0.2) is 255 Å². The van der Waals surface area contributed by atoms with E-state index in [0.29, 0.717) is 0 Å². The third-order valence-electron chi connectivity index (χ3n) is 13.1. The second-order valence-electron chi connectivity index (χ2n) is 16.9. The molecule has 65 heavy (non-hydrogen) atoms. The molecule has 1 aliphatic rings. The van der Waals surface area contributed by atoms with Crippen LogP contribution in [-0.2, 0) is 6.42 Å². The Morgan fingerprint density at radius 3 is 1.54 bits per heavy atom. The van der Waals surface area contributed by atoms with Gasteiger partial charge in [0.05, 0.1) is 11.0 Å². The molecule has 0 saturated carbocycles. The molecule has 12 rings (SSSR count). The van der Waals surface area contributed by atoms with Crippen LogP contribution in [0, 0.1) is 0 Å². The molecule has 1 aromatic heterocycles. The molecule has 1 aliphatic carbocycles. The molecule has 0 fully saturated rings. The predicted molar refractivity (Wildman–Crippen MR) is 273 cm³/mol.